The van der Waals surface area contributed by atoms with E-state index in [1.807, 2.05) is 0 Å². The Bertz CT molecular complexity index is 95.6. The van der Waals surface area contributed by atoms with E-state index in [2.05, 4.69) is 0 Å². The van der Waals surface area contributed by atoms with E-state index >= 15 is 0 Å². The van der Waals surface area contributed by atoms with Crippen LogP contribution in [0.5, 0.6) is 0 Å². The van der Waals surface area contributed by atoms with Crippen LogP contribution in [0, 0.1) is 0 Å². The van der Waals surface area contributed by atoms with E-state index in [4.69, 9.17) is 17.5 Å². The van der Waals surface area contributed by atoms with Crippen LogP contribution in [0.3, 0.4) is 0 Å². The summed E-state index contributed by atoms with van der Waals surface area (Å²) in [6.07, 6.45) is 0. The van der Waals surface area contributed by atoms with E-state index in [-0.39, 0.29) is 79.1 Å². The van der Waals surface area contributed by atoms with Crippen LogP contribution in [0.25, 0.3) is 0 Å². The summed E-state index contributed by atoms with van der Waals surface area (Å²) < 4.78 is 31.6. The summed E-state index contributed by atoms with van der Waals surface area (Å²) in [6.45, 7) is 0. The topological polar surface area (TPSA) is 106 Å². The van der Waals surface area contributed by atoms with Crippen molar-refractivity contribution in [3.63, 3.8) is 0 Å². The maximum atomic E-state index is 8.74. The molecule has 0 rings (SSSR count). The molecule has 8 heavy (non-hydrogen) atoms. The van der Waals surface area contributed by atoms with E-state index in [9.17, 15) is 0 Å². The van der Waals surface area contributed by atoms with Crippen molar-refractivity contribution < 1.29 is 27.7 Å². The first-order valence-electron chi connectivity index (χ1n) is 0.698. The standard InChI is InChI=1S/Cs.FH.H2O4S.H2O.H/c;;1-5(2,3)4;;/h;1H;(H2,1,2,3,4);1H2;. The van der Waals surface area contributed by atoms with Crippen molar-refractivity contribution in [3.05, 3.63) is 0 Å². The normalized spacial score (nSPS) is 7.25. The van der Waals surface area contributed by atoms with Gasteiger partial charge in [-0.15, -0.1) is 0 Å². The molecule has 0 amide bonds. The molecular formula is H6CsFO5S. The fourth-order valence-electron chi connectivity index (χ4n) is 0. The quantitative estimate of drug-likeness (QED) is 0.498. The van der Waals surface area contributed by atoms with Gasteiger partial charge >= 0.3 is 79.3 Å². The Labute approximate surface area is 105 Å². The predicted octanol–water partition coefficient (Wildman–Crippen LogP) is -1.97. The van der Waals surface area contributed by atoms with Gasteiger partial charge in [0.2, 0.25) is 0 Å². The Kier molecular flexibility index (Phi) is 24.8. The molecular weight excluding hydrogens is 264 g/mol. The van der Waals surface area contributed by atoms with Gasteiger partial charge in [0.15, 0.2) is 0 Å². The second-order valence-electron chi connectivity index (χ2n) is 0.448. The van der Waals surface area contributed by atoms with Crippen LogP contribution in [-0.2, 0) is 10.4 Å². The van der Waals surface area contributed by atoms with E-state index < -0.39 is 10.4 Å². The van der Waals surface area contributed by atoms with Gasteiger partial charge in [0.1, 0.15) is 0 Å². The zero-order valence-corrected chi connectivity index (χ0v) is 3.84. The molecule has 0 aromatic rings. The molecule has 5 nitrogen and oxygen atoms in total. The summed E-state index contributed by atoms with van der Waals surface area (Å²) in [5, 5.41) is 0. The molecule has 0 aromatic heterocycles. The van der Waals surface area contributed by atoms with Crippen LogP contribution in [0.4, 0.5) is 4.70 Å². The van der Waals surface area contributed by atoms with Gasteiger partial charge in [-0.25, -0.2) is 0 Å². The Morgan fingerprint density at radius 3 is 1.12 bits per heavy atom. The molecule has 0 aliphatic carbocycles. The Morgan fingerprint density at radius 2 is 1.12 bits per heavy atom. The molecule has 0 heterocycles. The Morgan fingerprint density at radius 1 is 1.12 bits per heavy atom. The van der Waals surface area contributed by atoms with Crippen LogP contribution in [-0.4, -0.2) is 91.9 Å². The summed E-state index contributed by atoms with van der Waals surface area (Å²) in [7, 11) is -4.67. The second-order valence-corrected chi connectivity index (χ2v) is 1.34. The molecule has 0 aliphatic heterocycles. The van der Waals surface area contributed by atoms with E-state index in [0.717, 1.165) is 0 Å². The van der Waals surface area contributed by atoms with Crippen molar-refractivity contribution in [2.45, 2.75) is 0 Å². The van der Waals surface area contributed by atoms with Crippen molar-refractivity contribution in [1.29, 1.82) is 0 Å². The van der Waals surface area contributed by atoms with Crippen molar-refractivity contribution in [1.82, 2.24) is 0 Å². The molecule has 0 saturated heterocycles. The molecule has 0 aromatic carbocycles. The summed E-state index contributed by atoms with van der Waals surface area (Å²) in [4.78, 5) is 0. The van der Waals surface area contributed by atoms with Gasteiger partial charge in [-0.05, 0) is 0 Å². The molecule has 0 spiro atoms. The third-order valence-electron chi connectivity index (χ3n) is 0. The monoisotopic (exact) mass is 270 g/mol. The zero-order valence-electron chi connectivity index (χ0n) is 3.03. The number of hydrogen-bond donors (Lipinski definition) is 2. The maximum absolute atomic E-state index is 8.74. The Balaban J connectivity index is -0.0000000267. The Hall–Kier alpha value is 1.81. The molecule has 0 unspecified atom stereocenters. The first-order chi connectivity index (χ1) is 2.00. The first-order valence-corrected chi connectivity index (χ1v) is 2.10. The van der Waals surface area contributed by atoms with E-state index in [1.54, 1.807) is 0 Å². The fraction of sp³-hybridized carbons (Fsp3) is 0. The third kappa shape index (κ3) is 110. The SMILES string of the molecule is F.O.O=S(=O)(O)O.[CsH]. The summed E-state index contributed by atoms with van der Waals surface area (Å²) in [5.74, 6) is 0. The van der Waals surface area contributed by atoms with Crippen LogP contribution in [0.1, 0.15) is 0 Å². The predicted molar refractivity (Wildman–Crippen MR) is 27.4 cm³/mol. The van der Waals surface area contributed by atoms with Crippen molar-refractivity contribution in [3.8, 4) is 0 Å². The first kappa shape index (κ1) is 22.6. The zero-order chi connectivity index (χ0) is 4.50. The van der Waals surface area contributed by atoms with Gasteiger partial charge in [-0.1, -0.05) is 0 Å². The molecule has 0 fully saturated rings. The molecule has 0 saturated carbocycles. The van der Waals surface area contributed by atoms with Crippen LogP contribution < -0.4 is 0 Å². The minimum absolute atomic E-state index is 0. The number of hydrogen-bond acceptors (Lipinski definition) is 2. The molecule has 8 heteroatoms. The van der Waals surface area contributed by atoms with Crippen molar-refractivity contribution in [2.75, 3.05) is 0 Å². The van der Waals surface area contributed by atoms with Crippen molar-refractivity contribution in [2.24, 2.45) is 0 Å². The van der Waals surface area contributed by atoms with E-state index in [0.29, 0.717) is 0 Å². The van der Waals surface area contributed by atoms with Gasteiger partial charge < -0.3 is 5.48 Å². The summed E-state index contributed by atoms with van der Waals surface area (Å²) in [6, 6.07) is 0. The molecule has 0 radical (unpaired) electrons. The molecule has 0 atom stereocenters. The average molecular weight is 270 g/mol. The summed E-state index contributed by atoms with van der Waals surface area (Å²) in [5.41, 5.74) is 0. The van der Waals surface area contributed by atoms with Gasteiger partial charge in [0, 0.05) is 0 Å². The van der Waals surface area contributed by atoms with Crippen LogP contribution >= 0.6 is 0 Å². The second kappa shape index (κ2) is 8.81. The van der Waals surface area contributed by atoms with Gasteiger partial charge in [-0.3, -0.25) is 13.8 Å². The number of halogens is 1. The minimum atomic E-state index is -4.67. The average Bonchev–Trinajstić information content (AvgIpc) is 0.722. The molecule has 0 aliphatic rings. The van der Waals surface area contributed by atoms with E-state index in [1.165, 1.54) is 0 Å². The number of rotatable bonds is 0. The van der Waals surface area contributed by atoms with Crippen molar-refractivity contribution >= 4 is 79.3 Å². The third-order valence-corrected chi connectivity index (χ3v) is 0. The fourth-order valence-corrected chi connectivity index (χ4v) is 0. The summed E-state index contributed by atoms with van der Waals surface area (Å²) >= 11 is 0. The molecule has 50 valence electrons. The van der Waals surface area contributed by atoms with Gasteiger partial charge in [-0.2, -0.15) is 8.42 Å². The van der Waals surface area contributed by atoms with Crippen LogP contribution in [0.2, 0.25) is 0 Å². The van der Waals surface area contributed by atoms with Gasteiger partial charge in [0.25, 0.3) is 0 Å². The molecule has 0 bridgehead atoms. The van der Waals surface area contributed by atoms with Gasteiger partial charge in [0.05, 0.1) is 0 Å². The molecule has 4 N–H and O–H groups in total. The van der Waals surface area contributed by atoms with Crippen LogP contribution in [0.15, 0.2) is 0 Å².